The summed E-state index contributed by atoms with van der Waals surface area (Å²) in [4.78, 5) is 8.43. The minimum atomic E-state index is -0.377. The molecule has 3 rings (SSSR count). The van der Waals surface area contributed by atoms with Crippen molar-refractivity contribution in [2.24, 2.45) is 0 Å². The highest BCUT2D eigenvalue weighted by atomic mass is 19.1. The van der Waals surface area contributed by atoms with Crippen LogP contribution in [0.25, 0.3) is 11.5 Å². The molecule has 20 heavy (non-hydrogen) atoms. The fourth-order valence-electron chi connectivity index (χ4n) is 2.77. The molecule has 1 atom stereocenters. The summed E-state index contributed by atoms with van der Waals surface area (Å²) < 4.78 is 18.3. The van der Waals surface area contributed by atoms with Crippen LogP contribution in [0.5, 0.6) is 0 Å². The van der Waals surface area contributed by atoms with Gasteiger partial charge in [0.05, 0.1) is 11.7 Å². The molecule has 5 nitrogen and oxygen atoms in total. The zero-order chi connectivity index (χ0) is 14.0. The first kappa shape index (κ1) is 13.2. The molecule has 2 aromatic rings. The Morgan fingerprint density at radius 1 is 1.45 bits per heavy atom. The third-order valence-electron chi connectivity index (χ3n) is 3.71. The van der Waals surface area contributed by atoms with Gasteiger partial charge in [0.25, 0.3) is 0 Å². The lowest BCUT2D eigenvalue weighted by Gasteiger charge is -2.24. The minimum Gasteiger partial charge on any atom is -0.337 e. The summed E-state index contributed by atoms with van der Waals surface area (Å²) in [5.41, 5.74) is 0.311. The highest BCUT2D eigenvalue weighted by Gasteiger charge is 2.39. The first-order valence-corrected chi connectivity index (χ1v) is 6.95. The van der Waals surface area contributed by atoms with Crippen LogP contribution in [0.4, 0.5) is 4.39 Å². The molecule has 1 saturated heterocycles. The van der Waals surface area contributed by atoms with Gasteiger partial charge in [-0.25, -0.2) is 9.37 Å². The largest absolute Gasteiger partial charge is 0.337 e. The van der Waals surface area contributed by atoms with E-state index in [1.54, 1.807) is 6.07 Å². The molecule has 1 unspecified atom stereocenters. The zero-order valence-electron chi connectivity index (χ0n) is 11.4. The number of hydrogen-bond acceptors (Lipinski definition) is 5. The van der Waals surface area contributed by atoms with Gasteiger partial charge in [0.15, 0.2) is 0 Å². The maximum atomic E-state index is 12.9. The van der Waals surface area contributed by atoms with Crippen LogP contribution in [-0.2, 0) is 5.54 Å². The molecule has 3 heterocycles. The standard InChI is InChI=1S/C14H17FN4O/c1-2-6-14(7-3-8-17-14)13-18-12(19-20-13)11-5-4-10(15)9-16-11/h4-5,9,17H,2-3,6-8H2,1H3. The molecule has 1 N–H and O–H groups in total. The normalized spacial score (nSPS) is 22.3. The van der Waals surface area contributed by atoms with Gasteiger partial charge >= 0.3 is 0 Å². The Balaban J connectivity index is 1.91. The molecule has 2 aromatic heterocycles. The van der Waals surface area contributed by atoms with Crippen molar-refractivity contribution in [3.63, 3.8) is 0 Å². The van der Waals surface area contributed by atoms with Crippen LogP contribution in [-0.4, -0.2) is 21.7 Å². The van der Waals surface area contributed by atoms with Crippen molar-refractivity contribution in [2.45, 2.75) is 38.1 Å². The number of rotatable bonds is 4. The van der Waals surface area contributed by atoms with E-state index in [-0.39, 0.29) is 11.4 Å². The molecule has 6 heteroatoms. The van der Waals surface area contributed by atoms with E-state index in [2.05, 4.69) is 27.4 Å². The third kappa shape index (κ3) is 2.31. The van der Waals surface area contributed by atoms with Crippen molar-refractivity contribution < 1.29 is 8.91 Å². The average Bonchev–Trinajstić information content (AvgIpc) is 3.09. The first-order chi connectivity index (χ1) is 9.73. The van der Waals surface area contributed by atoms with Crippen molar-refractivity contribution in [1.82, 2.24) is 20.4 Å². The lowest BCUT2D eigenvalue weighted by Crippen LogP contribution is -2.36. The Labute approximate surface area is 116 Å². The van der Waals surface area contributed by atoms with Gasteiger partial charge in [0.2, 0.25) is 11.7 Å². The summed E-state index contributed by atoms with van der Waals surface area (Å²) in [6.07, 6.45) is 5.26. The van der Waals surface area contributed by atoms with Crippen LogP contribution in [0.2, 0.25) is 0 Å². The number of nitrogens with one attached hydrogen (secondary N) is 1. The van der Waals surface area contributed by atoms with Crippen molar-refractivity contribution in [3.8, 4) is 11.5 Å². The van der Waals surface area contributed by atoms with Gasteiger partial charge < -0.3 is 9.84 Å². The highest BCUT2D eigenvalue weighted by molar-refractivity contribution is 5.47. The number of aromatic nitrogens is 3. The van der Waals surface area contributed by atoms with Gasteiger partial charge in [0.1, 0.15) is 11.5 Å². The van der Waals surface area contributed by atoms with Gasteiger partial charge in [-0.2, -0.15) is 4.98 Å². The molecule has 1 fully saturated rings. The van der Waals surface area contributed by atoms with Crippen LogP contribution in [0.15, 0.2) is 22.9 Å². The van der Waals surface area contributed by atoms with Crippen LogP contribution in [0, 0.1) is 5.82 Å². The molecule has 1 aliphatic heterocycles. The van der Waals surface area contributed by atoms with Gasteiger partial charge in [-0.15, -0.1) is 0 Å². The summed E-state index contributed by atoms with van der Waals surface area (Å²) in [6.45, 7) is 3.10. The predicted octanol–water partition coefficient (Wildman–Crippen LogP) is 2.65. The summed E-state index contributed by atoms with van der Waals surface area (Å²) in [7, 11) is 0. The Bertz CT molecular complexity index is 575. The smallest absolute Gasteiger partial charge is 0.247 e. The van der Waals surface area contributed by atoms with Gasteiger partial charge in [0, 0.05) is 0 Å². The van der Waals surface area contributed by atoms with E-state index in [9.17, 15) is 4.39 Å². The molecule has 0 aromatic carbocycles. The lowest BCUT2D eigenvalue weighted by atomic mass is 9.92. The maximum absolute atomic E-state index is 12.9. The number of pyridine rings is 1. The Morgan fingerprint density at radius 2 is 2.35 bits per heavy atom. The molecule has 0 bridgehead atoms. The van der Waals surface area contributed by atoms with Crippen molar-refractivity contribution in [3.05, 3.63) is 30.0 Å². The molecule has 0 aliphatic carbocycles. The number of halogens is 1. The average molecular weight is 276 g/mol. The van der Waals surface area contributed by atoms with Crippen LogP contribution in [0.3, 0.4) is 0 Å². The quantitative estimate of drug-likeness (QED) is 0.930. The first-order valence-electron chi connectivity index (χ1n) is 6.95. The zero-order valence-corrected chi connectivity index (χ0v) is 11.4. The molecule has 0 saturated carbocycles. The molecule has 1 aliphatic rings. The summed E-state index contributed by atoms with van der Waals surface area (Å²) >= 11 is 0. The van der Waals surface area contributed by atoms with E-state index in [4.69, 9.17) is 4.52 Å². The minimum absolute atomic E-state index is 0.208. The lowest BCUT2D eigenvalue weighted by molar-refractivity contribution is 0.241. The topological polar surface area (TPSA) is 63.8 Å². The second-order valence-corrected chi connectivity index (χ2v) is 5.15. The fourth-order valence-corrected chi connectivity index (χ4v) is 2.77. The van der Waals surface area contributed by atoms with Crippen molar-refractivity contribution >= 4 is 0 Å². The second kappa shape index (κ2) is 5.28. The Morgan fingerprint density at radius 3 is 3.00 bits per heavy atom. The van der Waals surface area contributed by atoms with Crippen molar-refractivity contribution in [2.75, 3.05) is 6.54 Å². The number of hydrogen-bond donors (Lipinski definition) is 1. The van der Waals surface area contributed by atoms with Gasteiger partial charge in [-0.1, -0.05) is 18.5 Å². The highest BCUT2D eigenvalue weighted by Crippen LogP contribution is 2.34. The van der Waals surface area contributed by atoms with E-state index < -0.39 is 0 Å². The summed E-state index contributed by atoms with van der Waals surface area (Å²) in [5.74, 6) is 0.638. The second-order valence-electron chi connectivity index (χ2n) is 5.15. The Hall–Kier alpha value is -1.82. The summed E-state index contributed by atoms with van der Waals surface area (Å²) in [5, 5.41) is 7.46. The van der Waals surface area contributed by atoms with E-state index in [1.165, 1.54) is 6.07 Å². The maximum Gasteiger partial charge on any atom is 0.247 e. The molecular formula is C14H17FN4O. The van der Waals surface area contributed by atoms with Crippen LogP contribution in [0.1, 0.15) is 38.5 Å². The van der Waals surface area contributed by atoms with Crippen LogP contribution < -0.4 is 5.32 Å². The molecule has 0 radical (unpaired) electrons. The fraction of sp³-hybridized carbons (Fsp3) is 0.500. The SMILES string of the molecule is CCCC1(c2nc(-c3ccc(F)cn3)no2)CCCN1. The molecule has 0 amide bonds. The van der Waals surface area contributed by atoms with Gasteiger partial charge in [-0.3, -0.25) is 0 Å². The third-order valence-corrected chi connectivity index (χ3v) is 3.71. The molecule has 106 valence electrons. The number of nitrogens with zero attached hydrogens (tertiary/aromatic N) is 3. The molecule has 0 spiro atoms. The van der Waals surface area contributed by atoms with E-state index >= 15 is 0 Å². The van der Waals surface area contributed by atoms with E-state index in [1.807, 2.05) is 0 Å². The molecular weight excluding hydrogens is 259 g/mol. The van der Waals surface area contributed by atoms with Gasteiger partial charge in [-0.05, 0) is 37.9 Å². The Kier molecular flexibility index (Phi) is 3.48. The monoisotopic (exact) mass is 276 g/mol. The van der Waals surface area contributed by atoms with Crippen molar-refractivity contribution in [1.29, 1.82) is 0 Å². The predicted molar refractivity (Wildman–Crippen MR) is 71.3 cm³/mol. The van der Waals surface area contributed by atoms with Crippen LogP contribution >= 0.6 is 0 Å². The van der Waals surface area contributed by atoms with E-state index in [0.29, 0.717) is 17.4 Å². The van der Waals surface area contributed by atoms with E-state index in [0.717, 1.165) is 38.4 Å². The summed E-state index contributed by atoms with van der Waals surface area (Å²) in [6, 6.07) is 2.90.